The van der Waals surface area contributed by atoms with Gasteiger partial charge in [0.15, 0.2) is 0 Å². The Bertz CT molecular complexity index is 345. The molecule has 2 rings (SSSR count). The molecular formula is C11H12ClNO. The van der Waals surface area contributed by atoms with Crippen LogP contribution in [-0.2, 0) is 4.74 Å². The van der Waals surface area contributed by atoms with Gasteiger partial charge in [-0.2, -0.15) is 0 Å². The molecule has 1 atom stereocenters. The summed E-state index contributed by atoms with van der Waals surface area (Å²) in [5.41, 5.74) is 1.00. The topological polar surface area (TPSA) is 21.6 Å². The van der Waals surface area contributed by atoms with Crippen LogP contribution in [0, 0.1) is 0 Å². The highest BCUT2D eigenvalue weighted by atomic mass is 35.5. The Morgan fingerprint density at radius 2 is 2.14 bits per heavy atom. The van der Waals surface area contributed by atoms with E-state index in [0.717, 1.165) is 22.9 Å². The maximum absolute atomic E-state index is 5.79. The van der Waals surface area contributed by atoms with E-state index in [9.17, 15) is 0 Å². The fraction of sp³-hybridized carbons (Fsp3) is 0.364. The second kappa shape index (κ2) is 4.01. The van der Waals surface area contributed by atoms with Gasteiger partial charge in [0.05, 0.1) is 6.04 Å². The smallest absolute Gasteiger partial charge is 0.216 e. The number of halogens is 1. The Hall–Kier alpha value is -1.02. The summed E-state index contributed by atoms with van der Waals surface area (Å²) in [6, 6.07) is 7.88. The number of hydrogen-bond acceptors (Lipinski definition) is 2. The van der Waals surface area contributed by atoms with Crippen LogP contribution in [0.2, 0.25) is 5.02 Å². The predicted octanol–water partition coefficient (Wildman–Crippen LogP) is 2.90. The van der Waals surface area contributed by atoms with Gasteiger partial charge >= 0.3 is 0 Å². The van der Waals surface area contributed by atoms with E-state index < -0.39 is 0 Å². The number of aliphatic imine (C=N–C) groups is 1. The summed E-state index contributed by atoms with van der Waals surface area (Å²) < 4.78 is 5.49. The van der Waals surface area contributed by atoms with Gasteiger partial charge in [-0.05, 0) is 30.7 Å². The normalized spacial score (nSPS) is 20.4. The lowest BCUT2D eigenvalue weighted by molar-refractivity contribution is 0.315. The predicted molar refractivity (Wildman–Crippen MR) is 58.0 cm³/mol. The average Bonchev–Trinajstić information content (AvgIpc) is 2.67. The lowest BCUT2D eigenvalue weighted by Gasteiger charge is -2.00. The maximum atomic E-state index is 5.79. The van der Waals surface area contributed by atoms with Gasteiger partial charge < -0.3 is 4.74 Å². The van der Waals surface area contributed by atoms with Gasteiger partial charge in [0.2, 0.25) is 5.90 Å². The van der Waals surface area contributed by atoms with Crippen LogP contribution in [-0.4, -0.2) is 18.5 Å². The molecule has 1 heterocycles. The average molecular weight is 210 g/mol. The first kappa shape index (κ1) is 9.53. The highest BCUT2D eigenvalue weighted by molar-refractivity contribution is 6.30. The molecule has 0 bridgehead atoms. The quantitative estimate of drug-likeness (QED) is 0.734. The van der Waals surface area contributed by atoms with Crippen molar-refractivity contribution < 1.29 is 4.74 Å². The zero-order chi connectivity index (χ0) is 9.97. The molecule has 74 valence electrons. The van der Waals surface area contributed by atoms with E-state index in [4.69, 9.17) is 16.3 Å². The highest BCUT2D eigenvalue weighted by Crippen LogP contribution is 2.16. The first-order valence-corrected chi connectivity index (χ1v) is 5.14. The Balaban J connectivity index is 2.20. The first-order chi connectivity index (χ1) is 6.79. The Kier molecular flexibility index (Phi) is 2.73. The van der Waals surface area contributed by atoms with Crippen molar-refractivity contribution in [3.8, 4) is 0 Å². The van der Waals surface area contributed by atoms with Gasteiger partial charge in [-0.3, -0.25) is 0 Å². The molecule has 14 heavy (non-hydrogen) atoms. The van der Waals surface area contributed by atoms with Crippen LogP contribution < -0.4 is 0 Å². The van der Waals surface area contributed by atoms with Crippen LogP contribution in [0.4, 0.5) is 0 Å². The summed E-state index contributed by atoms with van der Waals surface area (Å²) >= 11 is 5.79. The lowest BCUT2D eigenvalue weighted by atomic mass is 10.2. The third kappa shape index (κ3) is 1.90. The van der Waals surface area contributed by atoms with Gasteiger partial charge in [-0.15, -0.1) is 0 Å². The van der Waals surface area contributed by atoms with Crippen molar-refractivity contribution in [1.29, 1.82) is 0 Å². The van der Waals surface area contributed by atoms with E-state index in [1.165, 1.54) is 0 Å². The molecule has 0 radical (unpaired) electrons. The van der Waals surface area contributed by atoms with E-state index in [1.807, 2.05) is 24.3 Å². The minimum Gasteiger partial charge on any atom is -0.475 e. The Morgan fingerprint density at radius 3 is 2.71 bits per heavy atom. The van der Waals surface area contributed by atoms with Crippen LogP contribution >= 0.6 is 11.6 Å². The van der Waals surface area contributed by atoms with Gasteiger partial charge in [0, 0.05) is 10.6 Å². The summed E-state index contributed by atoms with van der Waals surface area (Å²) in [6.07, 6.45) is 1.02. The molecule has 0 aliphatic carbocycles. The first-order valence-electron chi connectivity index (χ1n) is 4.76. The molecule has 1 aliphatic rings. The molecular weight excluding hydrogens is 198 g/mol. The zero-order valence-corrected chi connectivity index (χ0v) is 8.79. The van der Waals surface area contributed by atoms with Crippen molar-refractivity contribution in [2.75, 3.05) is 6.61 Å². The zero-order valence-electron chi connectivity index (χ0n) is 8.03. The largest absolute Gasteiger partial charge is 0.475 e. The van der Waals surface area contributed by atoms with Crippen molar-refractivity contribution in [2.24, 2.45) is 4.99 Å². The van der Waals surface area contributed by atoms with Crippen molar-refractivity contribution >= 4 is 17.5 Å². The highest BCUT2D eigenvalue weighted by Gasteiger charge is 2.17. The van der Waals surface area contributed by atoms with Gasteiger partial charge in [-0.25, -0.2) is 4.99 Å². The van der Waals surface area contributed by atoms with E-state index in [2.05, 4.69) is 11.9 Å². The Morgan fingerprint density at radius 1 is 1.43 bits per heavy atom. The number of nitrogens with zero attached hydrogens (tertiary/aromatic N) is 1. The van der Waals surface area contributed by atoms with Gasteiger partial charge in [-0.1, -0.05) is 18.5 Å². The number of hydrogen-bond donors (Lipinski definition) is 0. The molecule has 0 amide bonds. The third-order valence-corrected chi connectivity index (χ3v) is 2.53. The van der Waals surface area contributed by atoms with E-state index in [-0.39, 0.29) is 0 Å². The minimum atomic E-state index is 0.320. The van der Waals surface area contributed by atoms with E-state index in [1.54, 1.807) is 0 Å². The molecule has 0 fully saturated rings. The minimum absolute atomic E-state index is 0.320. The molecule has 1 aliphatic heterocycles. The number of rotatable bonds is 2. The van der Waals surface area contributed by atoms with Gasteiger partial charge in [0.25, 0.3) is 0 Å². The SMILES string of the molecule is CCC1COC(c2ccc(Cl)cc2)=N1. The summed E-state index contributed by atoms with van der Waals surface area (Å²) in [6.45, 7) is 2.82. The van der Waals surface area contributed by atoms with Crippen LogP contribution in [0.1, 0.15) is 18.9 Å². The maximum Gasteiger partial charge on any atom is 0.216 e. The molecule has 0 saturated carbocycles. The van der Waals surface area contributed by atoms with Crippen molar-refractivity contribution in [3.05, 3.63) is 34.9 Å². The Labute approximate surface area is 88.6 Å². The summed E-state index contributed by atoms with van der Waals surface area (Å²) in [5.74, 6) is 0.744. The molecule has 2 nitrogen and oxygen atoms in total. The number of ether oxygens (including phenoxy) is 1. The third-order valence-electron chi connectivity index (χ3n) is 2.27. The fourth-order valence-corrected chi connectivity index (χ4v) is 1.50. The van der Waals surface area contributed by atoms with E-state index in [0.29, 0.717) is 12.6 Å². The molecule has 0 aromatic heterocycles. The van der Waals surface area contributed by atoms with Gasteiger partial charge in [0.1, 0.15) is 6.61 Å². The van der Waals surface area contributed by atoms with Crippen LogP contribution in [0.25, 0.3) is 0 Å². The monoisotopic (exact) mass is 209 g/mol. The fourth-order valence-electron chi connectivity index (χ4n) is 1.37. The van der Waals surface area contributed by atoms with E-state index >= 15 is 0 Å². The van der Waals surface area contributed by atoms with Crippen molar-refractivity contribution in [2.45, 2.75) is 19.4 Å². The molecule has 0 N–H and O–H groups in total. The second-order valence-electron chi connectivity index (χ2n) is 3.31. The molecule has 1 aromatic rings. The lowest BCUT2D eigenvalue weighted by Crippen LogP contribution is -2.03. The standard InChI is InChI=1S/C11H12ClNO/c1-2-10-7-14-11(13-10)8-3-5-9(12)6-4-8/h3-6,10H,2,7H2,1H3. The molecule has 3 heteroatoms. The second-order valence-corrected chi connectivity index (χ2v) is 3.75. The summed E-state index contributed by atoms with van der Waals surface area (Å²) in [7, 11) is 0. The molecule has 0 spiro atoms. The number of benzene rings is 1. The van der Waals surface area contributed by atoms with Crippen molar-refractivity contribution in [1.82, 2.24) is 0 Å². The molecule has 1 aromatic carbocycles. The summed E-state index contributed by atoms with van der Waals surface area (Å²) in [5, 5.41) is 0.736. The van der Waals surface area contributed by atoms with Crippen LogP contribution in [0.3, 0.4) is 0 Å². The van der Waals surface area contributed by atoms with Crippen LogP contribution in [0.15, 0.2) is 29.3 Å². The van der Waals surface area contributed by atoms with Crippen molar-refractivity contribution in [3.63, 3.8) is 0 Å². The molecule has 0 saturated heterocycles. The molecule has 1 unspecified atom stereocenters. The summed E-state index contributed by atoms with van der Waals surface area (Å²) in [4.78, 5) is 4.46. The van der Waals surface area contributed by atoms with Crippen LogP contribution in [0.5, 0.6) is 0 Å².